The number of aliphatic carboxylic acids is 2. The third kappa shape index (κ3) is 25.6. The molecule has 0 spiro atoms. The van der Waals surface area contributed by atoms with Gasteiger partial charge in [0.05, 0.1) is 103 Å². The van der Waals surface area contributed by atoms with Crippen molar-refractivity contribution in [2.24, 2.45) is 23.7 Å². The highest BCUT2D eigenvalue weighted by Crippen LogP contribution is 2.48. The molecule has 3 amide bonds. The molecule has 0 saturated carbocycles. The van der Waals surface area contributed by atoms with E-state index in [9.17, 15) is 172 Å². The van der Waals surface area contributed by atoms with Crippen molar-refractivity contribution in [3.05, 3.63) is 59.7 Å². The van der Waals surface area contributed by atoms with Crippen LogP contribution in [0.15, 0.2) is 48.5 Å². The zero-order valence-electron chi connectivity index (χ0n) is 80.7. The molecule has 49 unspecified atom stereocenters. The molecule has 840 valence electrons. The number of carbonyl (C=O) groups excluding carboxylic acids is 4. The Bertz CT molecular complexity index is 4580. The number of carboxylic acid groups (broad SMARTS) is 2. The molecule has 10 saturated heterocycles. The summed E-state index contributed by atoms with van der Waals surface area (Å²) < 4.78 is 122. The summed E-state index contributed by atoms with van der Waals surface area (Å²) in [4.78, 5) is 79.1. The van der Waals surface area contributed by atoms with Crippen LogP contribution in [-0.4, -0.2) is 545 Å². The number of carbonyl (C=O) groups is 6. The van der Waals surface area contributed by atoms with E-state index in [0.717, 1.165) is 36.1 Å². The Kier molecular flexibility index (Phi) is 41.2. The van der Waals surface area contributed by atoms with Crippen molar-refractivity contribution < 1.29 is 266 Å². The van der Waals surface area contributed by atoms with E-state index in [1.54, 1.807) is 0 Å². The van der Waals surface area contributed by atoms with Crippen molar-refractivity contribution in [1.82, 2.24) is 16.0 Å². The van der Waals surface area contributed by atoms with E-state index in [-0.39, 0.29) is 6.61 Å². The predicted octanol–water partition coefficient (Wildman–Crippen LogP) is -14.8. The molecule has 0 radical (unpaired) electrons. The minimum Gasteiger partial charge on any atom is -0.480 e. The molecule has 148 heavy (non-hydrogen) atoms. The van der Waals surface area contributed by atoms with Gasteiger partial charge in [-0.1, -0.05) is 76.2 Å². The maximum absolute atomic E-state index is 13.9. The third-order valence-electron chi connectivity index (χ3n) is 29.0. The fourth-order valence-electron chi connectivity index (χ4n) is 20.3. The van der Waals surface area contributed by atoms with Crippen LogP contribution in [0.5, 0.6) is 0 Å². The van der Waals surface area contributed by atoms with Crippen molar-refractivity contribution in [3.63, 3.8) is 0 Å². The first-order chi connectivity index (χ1) is 70.2. The molecule has 0 bridgehead atoms. The van der Waals surface area contributed by atoms with Crippen LogP contribution in [0, 0.1) is 23.7 Å². The molecule has 57 heteroatoms. The number of hydrogen-bond acceptors (Lipinski definition) is 52. The van der Waals surface area contributed by atoms with Gasteiger partial charge in [0.15, 0.2) is 50.3 Å². The number of benzene rings is 2. The lowest BCUT2D eigenvalue weighted by Crippen LogP contribution is -2.70. The molecule has 52 atom stereocenters. The zero-order chi connectivity index (χ0) is 108. The standard InChI is InChI=1S/C91H137N3O54/c1-29-42(106)17-91(89(126)127,148-73(29)58(110)43(107)18-95)131-28-53-62(114)67(119)71(123)86(140-53)145-77-51(25-102)137-83(54(64(77)116)92-33(5)103)146-78-68(120)60(112)46(20-97)134-87(78)129-27-52-63(115)72(141-88-79(69(121)61(113)47(21-98)135-88)147-84-55(93-34(6)104)65(117)76(50(24-101)138-84)144-85-70(122)66(118)59(111)45(19-96)133-85)32(4)82(139-52)143-75-49(23-100)136-81(31(3)57(75)109)142-74-48(22-99)132-44(30(2)56(74)108)16-35(105)15-41(80(124)125)94-90(128)130-26-40-38-13-9-7-11-36(38)37-12-8-10-14-39(37)40/h7-14,29-32,40-79,81-88,95-102,106-123H,15-28H2,1-6H3,(H,92,103)(H,93,104)(H,94,128)(H,124,125)(H,126,127)/t29?,30?,31?,32?,41-,42?,43+,44?,45?,46?,47?,48?,49?,50?,51?,52?,53?,54?,55?,56?,57?,58+,59?,60?,61?,62?,63?,64?,65?,66?,67?,68?,69?,70?,71?,72?,73?,74?,75?,76?,77?,78?,79?,81?,82?,83?,84?,85?,86?,87?,88?,91?/m0/s1. The lowest BCUT2D eigenvalue weighted by atomic mass is 9.84. The molecule has 10 fully saturated rings. The highest BCUT2D eigenvalue weighted by molar-refractivity contribution is 5.88. The second-order valence-electron chi connectivity index (χ2n) is 38.9. The SMILES string of the molecule is CC(=O)NC1C(OC2C(OCC3OC(OC4C(CO)OC(OC5C(CO)OC(CC(=O)C[C@H](NC(=O)OCC6c7ccccc7-c7ccccc76)C(=O)O)C(C)C5O)C(C)C4O)C(C)C(OC4OC(CO)C(O)C(O)C4OC4OC(CO)C(OC5OC(CO)C(O)C(O)C5O)C(O)C4NC(C)=O)C3O)OC(CO)C(O)C2O)OC(CO)C(OC2OC(COC3(C(=O)O)CC(O)C(C)C([C@H](O)[C@H](O)CO)O3)C(O)C(O)C2O)C1O. The van der Waals surface area contributed by atoms with Gasteiger partial charge in [-0.05, 0) is 22.3 Å². The van der Waals surface area contributed by atoms with Crippen LogP contribution in [-0.2, 0) is 119 Å². The number of rotatable bonds is 41. The van der Waals surface area contributed by atoms with Gasteiger partial charge >= 0.3 is 18.0 Å². The molecular formula is C91H137N3O54. The number of hydrogen-bond donors (Lipinski definition) is 31. The van der Waals surface area contributed by atoms with Gasteiger partial charge < -0.3 is 254 Å². The van der Waals surface area contributed by atoms with Crippen LogP contribution in [0.3, 0.4) is 0 Å². The number of aliphatic hydroxyl groups excluding tert-OH is 26. The minimum atomic E-state index is -2.93. The Morgan fingerprint density at radius 1 is 0.385 bits per heavy atom. The summed E-state index contributed by atoms with van der Waals surface area (Å²) in [5.41, 5.74) is 3.59. The van der Waals surface area contributed by atoms with E-state index < -0.39 is 445 Å². The van der Waals surface area contributed by atoms with E-state index in [0.29, 0.717) is 0 Å². The Morgan fingerprint density at radius 2 is 0.777 bits per heavy atom. The minimum absolute atomic E-state index is 0.191. The van der Waals surface area contributed by atoms with E-state index in [1.165, 1.54) is 27.7 Å². The first-order valence-corrected chi connectivity index (χ1v) is 48.4. The molecule has 10 heterocycles. The summed E-state index contributed by atoms with van der Waals surface area (Å²) in [7, 11) is 0. The van der Waals surface area contributed by atoms with Crippen LogP contribution in [0.4, 0.5) is 4.79 Å². The zero-order valence-corrected chi connectivity index (χ0v) is 80.7. The number of ether oxygens (including phenoxy) is 20. The smallest absolute Gasteiger partial charge is 0.407 e. The molecular weight excluding hydrogens is 2000 g/mol. The lowest BCUT2D eigenvalue weighted by Gasteiger charge is -2.51. The van der Waals surface area contributed by atoms with Gasteiger partial charge in [0, 0.05) is 62.7 Å². The average Bonchev–Trinajstić information content (AvgIpc) is 1.44. The monoisotopic (exact) mass is 2140 g/mol. The van der Waals surface area contributed by atoms with E-state index in [4.69, 9.17) is 94.7 Å². The summed E-state index contributed by atoms with van der Waals surface area (Å²) in [5.74, 6) is -14.7. The number of carboxylic acids is 2. The molecule has 2 aromatic rings. The number of Topliss-reactive ketones (excluding diaryl/α,β-unsaturated/α-hetero) is 1. The molecule has 57 nitrogen and oxygen atoms in total. The number of fused-ring (bicyclic) bond motifs is 3. The Labute approximate surface area is 842 Å². The molecule has 1 aliphatic carbocycles. The average molecular weight is 2140 g/mol. The van der Waals surface area contributed by atoms with Crippen LogP contribution < -0.4 is 16.0 Å². The van der Waals surface area contributed by atoms with Gasteiger partial charge in [0.25, 0.3) is 5.79 Å². The molecule has 11 aliphatic rings. The first-order valence-electron chi connectivity index (χ1n) is 48.4. The van der Waals surface area contributed by atoms with Crippen molar-refractivity contribution in [3.8, 4) is 11.1 Å². The fraction of sp³-hybridized carbons (Fsp3) is 0.802. The summed E-state index contributed by atoms with van der Waals surface area (Å²) in [6.45, 7) is -3.88. The number of aliphatic hydroxyl groups is 26. The van der Waals surface area contributed by atoms with Gasteiger partial charge in [-0.3, -0.25) is 14.4 Å². The summed E-state index contributed by atoms with van der Waals surface area (Å²) in [6, 6.07) is 9.17. The number of ketones is 1. The van der Waals surface area contributed by atoms with Crippen molar-refractivity contribution >= 4 is 35.6 Å². The highest BCUT2D eigenvalue weighted by atomic mass is 16.8. The van der Waals surface area contributed by atoms with Crippen molar-refractivity contribution in [2.45, 2.75) is 361 Å². The second-order valence-corrected chi connectivity index (χ2v) is 38.9. The highest BCUT2D eigenvalue weighted by Gasteiger charge is 2.63. The number of amides is 3. The van der Waals surface area contributed by atoms with Crippen LogP contribution in [0.25, 0.3) is 11.1 Å². The second kappa shape index (κ2) is 51.4. The maximum atomic E-state index is 13.9. The lowest BCUT2D eigenvalue weighted by molar-refractivity contribution is -0.395. The van der Waals surface area contributed by atoms with Gasteiger partial charge in [0.2, 0.25) is 11.8 Å². The Morgan fingerprint density at radius 3 is 1.26 bits per heavy atom. The van der Waals surface area contributed by atoms with Crippen LogP contribution in [0.2, 0.25) is 0 Å². The molecule has 2 aromatic carbocycles. The van der Waals surface area contributed by atoms with Crippen molar-refractivity contribution in [2.75, 3.05) is 72.7 Å². The number of alkyl carbamates (subject to hydrolysis) is 1. The normalized spacial score (nSPS) is 44.0. The van der Waals surface area contributed by atoms with E-state index >= 15 is 0 Å². The van der Waals surface area contributed by atoms with E-state index in [1.807, 2.05) is 48.5 Å². The van der Waals surface area contributed by atoms with Crippen LogP contribution >= 0.6 is 0 Å². The van der Waals surface area contributed by atoms with Crippen molar-refractivity contribution in [1.29, 1.82) is 0 Å². The topological polar surface area (TPSA) is 890 Å². The predicted molar refractivity (Wildman–Crippen MR) is 474 cm³/mol. The quantitative estimate of drug-likeness (QED) is 0.0294. The summed E-state index contributed by atoms with van der Waals surface area (Å²) in [6.07, 6.45) is -91.5. The fourth-order valence-corrected chi connectivity index (χ4v) is 20.3. The summed E-state index contributed by atoms with van der Waals surface area (Å²) >= 11 is 0. The maximum Gasteiger partial charge on any atom is 0.407 e. The Balaban J connectivity index is 0.745. The van der Waals surface area contributed by atoms with Gasteiger partial charge in [-0.15, -0.1) is 0 Å². The molecule has 13 rings (SSSR count). The third-order valence-corrected chi connectivity index (χ3v) is 29.0. The van der Waals surface area contributed by atoms with Gasteiger partial charge in [-0.2, -0.15) is 0 Å². The van der Waals surface area contributed by atoms with Gasteiger partial charge in [0.1, 0.15) is 214 Å². The van der Waals surface area contributed by atoms with Gasteiger partial charge in [-0.25, -0.2) is 14.4 Å². The largest absolute Gasteiger partial charge is 0.480 e. The first kappa shape index (κ1) is 119. The van der Waals surface area contributed by atoms with E-state index in [2.05, 4.69) is 16.0 Å². The molecule has 31 N–H and O–H groups in total. The number of nitrogens with one attached hydrogen (secondary N) is 3. The molecule has 0 aromatic heterocycles. The Hall–Kier alpha value is -6.54. The van der Waals surface area contributed by atoms with Crippen LogP contribution in [0.1, 0.15) is 77.8 Å². The summed E-state index contributed by atoms with van der Waals surface area (Å²) in [5, 5.41) is 320. The molecule has 10 aliphatic heterocycles.